The van der Waals surface area contributed by atoms with Crippen LogP contribution in [0.4, 0.5) is 0 Å². The number of aromatic nitrogens is 2. The van der Waals surface area contributed by atoms with E-state index in [-0.39, 0.29) is 11.7 Å². The van der Waals surface area contributed by atoms with Crippen LogP contribution in [0.15, 0.2) is 18.0 Å². The summed E-state index contributed by atoms with van der Waals surface area (Å²) in [5.41, 5.74) is 1.57. The second-order valence-electron chi connectivity index (χ2n) is 5.18. The van der Waals surface area contributed by atoms with Crippen molar-refractivity contribution in [2.75, 3.05) is 33.2 Å². The van der Waals surface area contributed by atoms with Crippen LogP contribution in [0.5, 0.6) is 0 Å². The molecule has 5 nitrogen and oxygen atoms in total. The fourth-order valence-corrected chi connectivity index (χ4v) is 2.88. The number of imidazole rings is 1. The zero-order valence-electron chi connectivity index (χ0n) is 12.2. The van der Waals surface area contributed by atoms with Crippen molar-refractivity contribution in [3.63, 3.8) is 0 Å². The number of H-pyrrole nitrogens is 1. The average Bonchev–Trinajstić information content (AvgIpc) is 2.81. The molecule has 0 amide bonds. The molecule has 2 N–H and O–H groups in total. The molecule has 1 aliphatic heterocycles. The Hall–Kier alpha value is -1.59. The molecular formula is C15H24N4O. The van der Waals surface area contributed by atoms with Crippen LogP contribution in [-0.4, -0.2) is 47.7 Å². The highest BCUT2D eigenvalue weighted by Crippen LogP contribution is 2.24. The van der Waals surface area contributed by atoms with E-state index in [9.17, 15) is 4.79 Å². The lowest BCUT2D eigenvalue weighted by atomic mass is 10.0. The van der Waals surface area contributed by atoms with Crippen LogP contribution in [0.25, 0.3) is 12.2 Å². The van der Waals surface area contributed by atoms with E-state index in [1.807, 2.05) is 11.6 Å². The van der Waals surface area contributed by atoms with E-state index < -0.39 is 0 Å². The van der Waals surface area contributed by atoms with Gasteiger partial charge < -0.3 is 15.2 Å². The van der Waals surface area contributed by atoms with E-state index in [4.69, 9.17) is 0 Å². The van der Waals surface area contributed by atoms with Gasteiger partial charge in [-0.15, -0.1) is 0 Å². The van der Waals surface area contributed by atoms with Crippen molar-refractivity contribution in [3.05, 3.63) is 35.0 Å². The third-order valence-electron chi connectivity index (χ3n) is 3.99. The minimum atomic E-state index is -0.0523. The Morgan fingerprint density at radius 2 is 2.05 bits per heavy atom. The summed E-state index contributed by atoms with van der Waals surface area (Å²) in [6.07, 6.45) is 5.41. The number of aromatic amines is 1. The van der Waals surface area contributed by atoms with Crippen molar-refractivity contribution in [2.24, 2.45) is 0 Å². The topological polar surface area (TPSA) is 53.1 Å². The molecule has 1 saturated heterocycles. The summed E-state index contributed by atoms with van der Waals surface area (Å²) in [7, 11) is 1.97. The number of rotatable bonds is 6. The molecule has 0 spiro atoms. The molecule has 0 bridgehead atoms. The quantitative estimate of drug-likeness (QED) is 0.824. The minimum absolute atomic E-state index is 0.0523. The van der Waals surface area contributed by atoms with Crippen molar-refractivity contribution in [2.45, 2.75) is 18.9 Å². The number of likely N-dealkylation sites (N-methyl/N-ethyl adjacent to an activating group) is 1. The number of nitrogens with one attached hydrogen (secondary N) is 2. The average molecular weight is 276 g/mol. The van der Waals surface area contributed by atoms with Crippen LogP contribution < -0.4 is 11.0 Å². The van der Waals surface area contributed by atoms with Gasteiger partial charge in [-0.2, -0.15) is 0 Å². The first kappa shape index (κ1) is 14.8. The molecule has 0 atom stereocenters. The number of hydrogen-bond donors (Lipinski definition) is 2. The molecule has 1 aromatic rings. The Labute approximate surface area is 120 Å². The molecule has 20 heavy (non-hydrogen) atoms. The molecule has 5 heteroatoms. The van der Waals surface area contributed by atoms with Crippen LogP contribution in [-0.2, 0) is 0 Å². The normalized spacial score (nSPS) is 17.2. The first-order valence-corrected chi connectivity index (χ1v) is 7.17. The van der Waals surface area contributed by atoms with E-state index in [1.54, 1.807) is 12.2 Å². The van der Waals surface area contributed by atoms with Gasteiger partial charge in [-0.1, -0.05) is 13.2 Å². The van der Waals surface area contributed by atoms with Gasteiger partial charge in [-0.3, -0.25) is 4.57 Å². The number of likely N-dealkylation sites (tertiary alicyclic amines) is 1. The summed E-state index contributed by atoms with van der Waals surface area (Å²) in [6.45, 7) is 11.7. The Morgan fingerprint density at radius 3 is 2.60 bits per heavy atom. The zero-order valence-corrected chi connectivity index (χ0v) is 12.2. The van der Waals surface area contributed by atoms with E-state index in [1.165, 1.54) is 0 Å². The Balaban J connectivity index is 2.11. The lowest BCUT2D eigenvalue weighted by molar-refractivity contribution is 0.186. The molecule has 0 aromatic carbocycles. The number of nitrogens with zero attached hydrogens (tertiary/aromatic N) is 2. The number of piperidine rings is 1. The van der Waals surface area contributed by atoms with Gasteiger partial charge in [0.15, 0.2) is 0 Å². The standard InChI is InChI=1S/C15H24N4O/c1-4-13-14(5-2)19(15(20)17-13)12-6-9-18(10-7-12)11-8-16-3/h4-5,12,16H,1-2,6-11H2,3H3,(H,17,20). The highest BCUT2D eigenvalue weighted by molar-refractivity contribution is 5.57. The third kappa shape index (κ3) is 2.94. The second-order valence-corrected chi connectivity index (χ2v) is 5.18. The van der Waals surface area contributed by atoms with Crippen LogP contribution in [0.2, 0.25) is 0 Å². The molecule has 1 aromatic heterocycles. The van der Waals surface area contributed by atoms with Gasteiger partial charge in [0.1, 0.15) is 0 Å². The van der Waals surface area contributed by atoms with Crippen LogP contribution in [0, 0.1) is 0 Å². The fraction of sp³-hybridized carbons (Fsp3) is 0.533. The lowest BCUT2D eigenvalue weighted by Crippen LogP contribution is -2.40. The molecule has 0 saturated carbocycles. The van der Waals surface area contributed by atoms with Crippen molar-refractivity contribution < 1.29 is 0 Å². The van der Waals surface area contributed by atoms with Crippen molar-refractivity contribution in [1.29, 1.82) is 0 Å². The van der Waals surface area contributed by atoms with Crippen LogP contribution >= 0.6 is 0 Å². The van der Waals surface area contributed by atoms with E-state index >= 15 is 0 Å². The maximum atomic E-state index is 12.1. The fourth-order valence-electron chi connectivity index (χ4n) is 2.88. The van der Waals surface area contributed by atoms with E-state index in [2.05, 4.69) is 28.4 Å². The summed E-state index contributed by atoms with van der Waals surface area (Å²) in [6, 6.07) is 0.256. The molecule has 2 heterocycles. The molecule has 0 unspecified atom stereocenters. The van der Waals surface area contributed by atoms with Gasteiger partial charge in [0, 0.05) is 32.2 Å². The molecular weight excluding hydrogens is 252 g/mol. The minimum Gasteiger partial charge on any atom is -0.318 e. The first-order valence-electron chi connectivity index (χ1n) is 7.17. The van der Waals surface area contributed by atoms with Gasteiger partial charge in [0.25, 0.3) is 0 Å². The van der Waals surface area contributed by atoms with Crippen molar-refractivity contribution in [1.82, 2.24) is 19.8 Å². The Bertz CT molecular complexity index is 520. The molecule has 2 rings (SSSR count). The number of hydrogen-bond acceptors (Lipinski definition) is 3. The Morgan fingerprint density at radius 1 is 1.35 bits per heavy atom. The van der Waals surface area contributed by atoms with Crippen LogP contribution in [0.1, 0.15) is 30.3 Å². The van der Waals surface area contributed by atoms with E-state index in [0.29, 0.717) is 0 Å². The lowest BCUT2D eigenvalue weighted by Gasteiger charge is -2.32. The molecule has 0 aliphatic carbocycles. The predicted octanol–water partition coefficient (Wildman–Crippen LogP) is 1.32. The monoisotopic (exact) mass is 276 g/mol. The summed E-state index contributed by atoms with van der Waals surface area (Å²) in [4.78, 5) is 17.4. The Kier molecular flexibility index (Phi) is 4.98. The third-order valence-corrected chi connectivity index (χ3v) is 3.99. The molecule has 1 aliphatic rings. The SMILES string of the molecule is C=Cc1[nH]c(=O)n(C2CCN(CCNC)CC2)c1C=C. The van der Waals surface area contributed by atoms with Gasteiger partial charge >= 0.3 is 5.69 Å². The van der Waals surface area contributed by atoms with Crippen molar-refractivity contribution >= 4 is 12.2 Å². The van der Waals surface area contributed by atoms with Crippen molar-refractivity contribution in [3.8, 4) is 0 Å². The van der Waals surface area contributed by atoms with Gasteiger partial charge in [0.2, 0.25) is 0 Å². The van der Waals surface area contributed by atoms with Gasteiger partial charge in [-0.25, -0.2) is 4.79 Å². The molecule has 0 radical (unpaired) electrons. The largest absolute Gasteiger partial charge is 0.326 e. The molecule has 110 valence electrons. The van der Waals surface area contributed by atoms with Gasteiger partial charge in [0.05, 0.1) is 11.4 Å². The maximum Gasteiger partial charge on any atom is 0.326 e. The molecule has 1 fully saturated rings. The second kappa shape index (κ2) is 6.72. The predicted molar refractivity (Wildman–Crippen MR) is 83.9 cm³/mol. The van der Waals surface area contributed by atoms with Crippen LogP contribution in [0.3, 0.4) is 0 Å². The maximum absolute atomic E-state index is 12.1. The summed E-state index contributed by atoms with van der Waals surface area (Å²) in [5, 5.41) is 3.17. The zero-order chi connectivity index (χ0) is 14.5. The summed E-state index contributed by atoms with van der Waals surface area (Å²) in [5.74, 6) is 0. The summed E-state index contributed by atoms with van der Waals surface area (Å²) < 4.78 is 1.85. The van der Waals surface area contributed by atoms with Gasteiger partial charge in [-0.05, 0) is 32.0 Å². The first-order chi connectivity index (χ1) is 9.71. The highest BCUT2D eigenvalue weighted by atomic mass is 16.1. The smallest absolute Gasteiger partial charge is 0.318 e. The highest BCUT2D eigenvalue weighted by Gasteiger charge is 2.24. The van der Waals surface area contributed by atoms with E-state index in [0.717, 1.165) is 50.4 Å². The summed E-state index contributed by atoms with van der Waals surface area (Å²) >= 11 is 0.